The third-order valence-electron chi connectivity index (χ3n) is 0.289. The lowest BCUT2D eigenvalue weighted by atomic mass is 10.5. The average Bonchev–Trinajstić information content (AvgIpc) is 1.41. The molecule has 5 heavy (non-hydrogen) atoms. The van der Waals surface area contributed by atoms with Crippen molar-refractivity contribution in [3.63, 3.8) is 0 Å². The fourth-order valence-corrected chi connectivity index (χ4v) is 0.0791. The fourth-order valence-electron chi connectivity index (χ4n) is 0.0791. The van der Waals surface area contributed by atoms with E-state index < -0.39 is 0 Å². The molecule has 0 aliphatic carbocycles. The molecule has 0 unspecified atom stereocenters. The maximum atomic E-state index is 7.78. The fraction of sp³-hybridized carbons (Fsp3) is 0.667. The highest BCUT2D eigenvalue weighted by molar-refractivity contribution is 4.35. The van der Waals surface area contributed by atoms with Gasteiger partial charge in [-0.15, -0.1) is 0 Å². The second-order valence-corrected chi connectivity index (χ2v) is 0.762. The van der Waals surface area contributed by atoms with Gasteiger partial charge in [0.25, 0.3) is 0 Å². The molecule has 0 rings (SSSR count). The van der Waals surface area contributed by atoms with Crippen LogP contribution in [0.2, 0.25) is 0 Å². The van der Waals surface area contributed by atoms with Crippen molar-refractivity contribution < 1.29 is 5.21 Å². The van der Waals surface area contributed by atoms with Gasteiger partial charge in [-0.1, -0.05) is 6.92 Å². The highest BCUT2D eigenvalue weighted by Crippen LogP contribution is 1.60. The number of rotatable bonds is 2. The Hall–Kier alpha value is -0.0800. The summed E-state index contributed by atoms with van der Waals surface area (Å²) in [4.78, 5) is 0. The third kappa shape index (κ3) is 3.92. The molecule has 2 heteroatoms. The minimum atomic E-state index is 0.583. The molecule has 0 aromatic heterocycles. The Kier molecular flexibility index (Phi) is 3.86. The van der Waals surface area contributed by atoms with Crippen molar-refractivity contribution in [3.05, 3.63) is 6.92 Å². The van der Waals surface area contributed by atoms with Crippen LogP contribution < -0.4 is 5.48 Å². The summed E-state index contributed by atoms with van der Waals surface area (Å²) in [6.45, 7) is 4.04. The van der Waals surface area contributed by atoms with Crippen LogP contribution in [0.4, 0.5) is 0 Å². The van der Waals surface area contributed by atoms with Crippen molar-refractivity contribution in [2.75, 3.05) is 6.54 Å². The molecule has 0 bridgehead atoms. The molecule has 0 heterocycles. The van der Waals surface area contributed by atoms with E-state index in [9.17, 15) is 0 Å². The van der Waals surface area contributed by atoms with Crippen molar-refractivity contribution >= 4 is 0 Å². The first-order chi connectivity index (χ1) is 2.41. The van der Waals surface area contributed by atoms with Crippen LogP contribution in [0, 0.1) is 6.92 Å². The minimum Gasteiger partial charge on any atom is -0.317 e. The molecule has 0 aromatic rings. The smallest absolute Gasteiger partial charge is 0.0207 e. The zero-order valence-electron chi connectivity index (χ0n) is 3.07. The van der Waals surface area contributed by atoms with E-state index in [2.05, 4.69) is 6.92 Å². The molecule has 0 amide bonds. The summed E-state index contributed by atoms with van der Waals surface area (Å²) < 4.78 is 0. The van der Waals surface area contributed by atoms with Crippen molar-refractivity contribution in [2.45, 2.75) is 6.42 Å². The summed E-state index contributed by atoms with van der Waals surface area (Å²) in [5.74, 6) is 0. The summed E-state index contributed by atoms with van der Waals surface area (Å²) in [5, 5.41) is 7.78. The molecule has 0 aliphatic rings. The Morgan fingerprint density at radius 2 is 2.40 bits per heavy atom. The summed E-state index contributed by atoms with van der Waals surface area (Å²) in [7, 11) is 0. The van der Waals surface area contributed by atoms with E-state index in [1.807, 2.05) is 5.48 Å². The quantitative estimate of drug-likeness (QED) is 0.458. The van der Waals surface area contributed by atoms with Gasteiger partial charge in [-0.2, -0.15) is 0 Å². The van der Waals surface area contributed by atoms with Crippen LogP contribution in [0.1, 0.15) is 6.42 Å². The third-order valence-corrected chi connectivity index (χ3v) is 0.289. The number of hydrogen-bond donors (Lipinski definition) is 2. The summed E-state index contributed by atoms with van der Waals surface area (Å²) in [6, 6.07) is 0. The van der Waals surface area contributed by atoms with Gasteiger partial charge >= 0.3 is 0 Å². The van der Waals surface area contributed by atoms with Crippen molar-refractivity contribution in [1.29, 1.82) is 0 Å². The normalized spacial score (nSPS) is 8.40. The Labute approximate surface area is 31.8 Å². The lowest BCUT2D eigenvalue weighted by Crippen LogP contribution is -2.06. The van der Waals surface area contributed by atoms with E-state index in [-0.39, 0.29) is 0 Å². The van der Waals surface area contributed by atoms with Gasteiger partial charge in [0.1, 0.15) is 0 Å². The standard InChI is InChI=1S/C3H8NO/c1-2-3-4-5/h4-5H,1-3H2. The van der Waals surface area contributed by atoms with Gasteiger partial charge in [-0.05, 0) is 6.42 Å². The van der Waals surface area contributed by atoms with E-state index in [0.717, 1.165) is 6.42 Å². The predicted octanol–water partition coefficient (Wildman–Crippen LogP) is 0.189. The summed E-state index contributed by atoms with van der Waals surface area (Å²) in [5.41, 5.74) is 1.95. The molecule has 0 atom stereocenters. The maximum absolute atomic E-state index is 7.78. The zero-order chi connectivity index (χ0) is 4.12. The lowest BCUT2D eigenvalue weighted by molar-refractivity contribution is 0.169. The first-order valence-electron chi connectivity index (χ1n) is 1.58. The maximum Gasteiger partial charge on any atom is 0.0207 e. The molecule has 0 aromatic carbocycles. The van der Waals surface area contributed by atoms with Gasteiger partial charge < -0.3 is 5.21 Å². The lowest BCUT2D eigenvalue weighted by Gasteiger charge is -1.83. The molecule has 0 fully saturated rings. The number of hydroxylamine groups is 1. The highest BCUT2D eigenvalue weighted by Gasteiger charge is 1.66. The van der Waals surface area contributed by atoms with Crippen molar-refractivity contribution in [1.82, 2.24) is 5.48 Å². The first kappa shape index (κ1) is 4.92. The van der Waals surface area contributed by atoms with Gasteiger partial charge in [-0.3, -0.25) is 0 Å². The first-order valence-corrected chi connectivity index (χ1v) is 1.58. The average molecular weight is 74.1 g/mol. The Bertz CT molecular complexity index is 14.4. The number of nitrogens with one attached hydrogen (secondary N) is 1. The molecule has 2 N–H and O–H groups in total. The zero-order valence-corrected chi connectivity index (χ0v) is 3.07. The van der Waals surface area contributed by atoms with E-state index in [4.69, 9.17) is 5.21 Å². The summed E-state index contributed by atoms with van der Waals surface area (Å²) >= 11 is 0. The molecule has 1 radical (unpaired) electrons. The Morgan fingerprint density at radius 3 is 2.40 bits per heavy atom. The minimum absolute atomic E-state index is 0.583. The molecule has 2 nitrogen and oxygen atoms in total. The van der Waals surface area contributed by atoms with Gasteiger partial charge in [0.2, 0.25) is 0 Å². The molecular formula is C3H8NO. The van der Waals surface area contributed by atoms with E-state index >= 15 is 0 Å². The van der Waals surface area contributed by atoms with E-state index in [0.29, 0.717) is 6.54 Å². The van der Waals surface area contributed by atoms with Crippen LogP contribution in [0.15, 0.2) is 0 Å². The van der Waals surface area contributed by atoms with Crippen LogP contribution in [0.5, 0.6) is 0 Å². The van der Waals surface area contributed by atoms with Crippen LogP contribution in [-0.4, -0.2) is 11.8 Å². The van der Waals surface area contributed by atoms with E-state index in [1.165, 1.54) is 0 Å². The van der Waals surface area contributed by atoms with Crippen molar-refractivity contribution in [3.8, 4) is 0 Å². The predicted molar refractivity (Wildman–Crippen MR) is 19.8 cm³/mol. The molecule has 0 spiro atoms. The van der Waals surface area contributed by atoms with Gasteiger partial charge in [0.15, 0.2) is 0 Å². The molecule has 0 aliphatic heterocycles. The molecule has 31 valence electrons. The van der Waals surface area contributed by atoms with Crippen LogP contribution in [-0.2, 0) is 0 Å². The molecule has 0 saturated heterocycles. The summed E-state index contributed by atoms with van der Waals surface area (Å²) in [6.07, 6.45) is 0.733. The molecule has 0 saturated carbocycles. The SMILES string of the molecule is [CH2]CCNO. The monoisotopic (exact) mass is 74.1 g/mol. The van der Waals surface area contributed by atoms with Gasteiger partial charge in [0.05, 0.1) is 0 Å². The van der Waals surface area contributed by atoms with E-state index in [1.54, 1.807) is 0 Å². The van der Waals surface area contributed by atoms with Gasteiger partial charge in [0, 0.05) is 6.54 Å². The van der Waals surface area contributed by atoms with Crippen LogP contribution in [0.25, 0.3) is 0 Å². The highest BCUT2D eigenvalue weighted by atomic mass is 16.5. The second kappa shape index (κ2) is 3.92. The van der Waals surface area contributed by atoms with Crippen LogP contribution in [0.3, 0.4) is 0 Å². The topological polar surface area (TPSA) is 32.3 Å². The number of hydrogen-bond acceptors (Lipinski definition) is 2. The van der Waals surface area contributed by atoms with Crippen LogP contribution >= 0.6 is 0 Å². The second-order valence-electron chi connectivity index (χ2n) is 0.762. The Balaban J connectivity index is 2.19. The van der Waals surface area contributed by atoms with Crippen molar-refractivity contribution in [2.24, 2.45) is 0 Å². The van der Waals surface area contributed by atoms with Gasteiger partial charge in [-0.25, -0.2) is 5.48 Å². The largest absolute Gasteiger partial charge is 0.317 e. The Morgan fingerprint density at radius 1 is 1.80 bits per heavy atom. The molecular weight excluding hydrogens is 66.0 g/mol.